The molecular weight excluding hydrogens is 366 g/mol. The van der Waals surface area contributed by atoms with Crippen LogP contribution in [-0.4, -0.2) is 11.7 Å². The van der Waals surface area contributed by atoms with Gasteiger partial charge in [-0.25, -0.2) is 0 Å². The van der Waals surface area contributed by atoms with Crippen molar-refractivity contribution in [2.75, 3.05) is 5.32 Å². The molecule has 7 heteroatoms. The van der Waals surface area contributed by atoms with Crippen LogP contribution in [0.5, 0.6) is 0 Å². The van der Waals surface area contributed by atoms with E-state index in [1.165, 1.54) is 13.8 Å². The van der Waals surface area contributed by atoms with Crippen LogP contribution in [0, 0.1) is 0 Å². The molecule has 0 aromatic heterocycles. The van der Waals surface area contributed by atoms with Gasteiger partial charge in [0, 0.05) is 18.2 Å². The molecule has 3 rings (SSSR count). The lowest BCUT2D eigenvalue weighted by Crippen LogP contribution is -2.04. The summed E-state index contributed by atoms with van der Waals surface area (Å²) < 4.78 is 0. The SMILES string of the molecule is CC(=O)Nc1ccc(N=Nc2ccc(N=Nc3ccc(C(C)=O)cc3)cc2)cc1. The van der Waals surface area contributed by atoms with Gasteiger partial charge in [0.2, 0.25) is 5.91 Å². The van der Waals surface area contributed by atoms with Gasteiger partial charge in [0.25, 0.3) is 0 Å². The van der Waals surface area contributed by atoms with Crippen LogP contribution >= 0.6 is 0 Å². The summed E-state index contributed by atoms with van der Waals surface area (Å²) in [5.74, 6) is -0.105. The molecule has 0 aliphatic carbocycles. The molecule has 0 heterocycles. The molecule has 0 aliphatic heterocycles. The Morgan fingerprint density at radius 3 is 1.28 bits per heavy atom. The van der Waals surface area contributed by atoms with E-state index in [9.17, 15) is 9.59 Å². The maximum atomic E-state index is 11.3. The van der Waals surface area contributed by atoms with Crippen LogP contribution in [0.15, 0.2) is 93.3 Å². The largest absolute Gasteiger partial charge is 0.326 e. The fourth-order valence-corrected chi connectivity index (χ4v) is 2.39. The third-order valence-electron chi connectivity index (χ3n) is 3.87. The predicted molar refractivity (Wildman–Crippen MR) is 112 cm³/mol. The summed E-state index contributed by atoms with van der Waals surface area (Å²) in [6.45, 7) is 2.98. The van der Waals surface area contributed by atoms with Crippen molar-refractivity contribution in [3.05, 3.63) is 78.4 Å². The topological polar surface area (TPSA) is 95.6 Å². The smallest absolute Gasteiger partial charge is 0.221 e. The minimum Gasteiger partial charge on any atom is -0.326 e. The Morgan fingerprint density at radius 1 is 0.586 bits per heavy atom. The van der Waals surface area contributed by atoms with E-state index < -0.39 is 0 Å². The molecule has 0 saturated heterocycles. The molecule has 0 unspecified atom stereocenters. The number of nitrogens with zero attached hydrogens (tertiary/aromatic N) is 4. The molecule has 0 spiro atoms. The average molecular weight is 385 g/mol. The Morgan fingerprint density at radius 2 is 0.931 bits per heavy atom. The zero-order valence-corrected chi connectivity index (χ0v) is 16.0. The first-order valence-electron chi connectivity index (χ1n) is 8.92. The number of carbonyl (C=O) groups excluding carboxylic acids is 2. The number of azo groups is 2. The van der Waals surface area contributed by atoms with Crippen molar-refractivity contribution in [2.45, 2.75) is 13.8 Å². The van der Waals surface area contributed by atoms with Gasteiger partial charge in [0.05, 0.1) is 22.7 Å². The highest BCUT2D eigenvalue weighted by Crippen LogP contribution is 2.24. The van der Waals surface area contributed by atoms with Gasteiger partial charge in [0.15, 0.2) is 5.78 Å². The van der Waals surface area contributed by atoms with Gasteiger partial charge in [-0.15, -0.1) is 0 Å². The molecule has 0 saturated carbocycles. The number of hydrogen-bond donors (Lipinski definition) is 1. The second-order valence-corrected chi connectivity index (χ2v) is 6.25. The Bertz CT molecular complexity index is 1050. The Hall–Kier alpha value is -4.00. The average Bonchev–Trinajstić information content (AvgIpc) is 2.72. The van der Waals surface area contributed by atoms with E-state index in [4.69, 9.17) is 0 Å². The molecule has 1 N–H and O–H groups in total. The summed E-state index contributed by atoms with van der Waals surface area (Å²) in [7, 11) is 0. The first kappa shape index (κ1) is 19.8. The lowest BCUT2D eigenvalue weighted by Gasteiger charge is -2.01. The molecule has 1 amide bonds. The van der Waals surface area contributed by atoms with E-state index in [0.717, 1.165) is 0 Å². The fraction of sp³-hybridized carbons (Fsp3) is 0.0909. The number of benzene rings is 3. The van der Waals surface area contributed by atoms with Crippen molar-refractivity contribution in [1.29, 1.82) is 0 Å². The molecular formula is C22H19N5O2. The predicted octanol–water partition coefficient (Wildman–Crippen LogP) is 6.68. The van der Waals surface area contributed by atoms with Crippen molar-refractivity contribution in [3.8, 4) is 0 Å². The van der Waals surface area contributed by atoms with Gasteiger partial charge < -0.3 is 5.32 Å². The number of carbonyl (C=O) groups is 2. The number of amides is 1. The zero-order chi connectivity index (χ0) is 20.6. The van der Waals surface area contributed by atoms with Gasteiger partial charge in [-0.1, -0.05) is 0 Å². The van der Waals surface area contributed by atoms with Gasteiger partial charge in [-0.2, -0.15) is 20.5 Å². The second-order valence-electron chi connectivity index (χ2n) is 6.25. The zero-order valence-electron chi connectivity index (χ0n) is 16.0. The van der Waals surface area contributed by atoms with Crippen molar-refractivity contribution >= 4 is 40.1 Å². The van der Waals surface area contributed by atoms with Crippen molar-refractivity contribution in [3.63, 3.8) is 0 Å². The molecule has 29 heavy (non-hydrogen) atoms. The second kappa shape index (κ2) is 9.27. The van der Waals surface area contributed by atoms with E-state index in [-0.39, 0.29) is 11.7 Å². The van der Waals surface area contributed by atoms with E-state index in [2.05, 4.69) is 25.8 Å². The number of anilines is 1. The maximum Gasteiger partial charge on any atom is 0.221 e. The number of rotatable bonds is 6. The number of hydrogen-bond acceptors (Lipinski definition) is 6. The monoisotopic (exact) mass is 385 g/mol. The summed E-state index contributed by atoms with van der Waals surface area (Å²) in [4.78, 5) is 22.3. The highest BCUT2D eigenvalue weighted by molar-refractivity contribution is 5.94. The van der Waals surface area contributed by atoms with Crippen LogP contribution in [0.1, 0.15) is 24.2 Å². The van der Waals surface area contributed by atoms with Crippen LogP contribution in [0.25, 0.3) is 0 Å². The summed E-state index contributed by atoms with van der Waals surface area (Å²) >= 11 is 0. The lowest BCUT2D eigenvalue weighted by atomic mass is 10.1. The number of ketones is 1. The summed E-state index contributed by atoms with van der Waals surface area (Å²) in [6.07, 6.45) is 0. The standard InChI is InChI=1S/C22H19N5O2/c1-15(28)17-3-5-19(6-4-17)24-26-21-11-13-22(14-12-21)27-25-20-9-7-18(8-10-20)23-16(2)29/h3-14H,1-2H3,(H,23,29). The Balaban J connectivity index is 1.61. The maximum absolute atomic E-state index is 11.3. The molecule has 0 bridgehead atoms. The summed E-state index contributed by atoms with van der Waals surface area (Å²) in [6, 6.07) is 21.2. The van der Waals surface area contributed by atoms with Crippen LogP contribution in [0.4, 0.5) is 28.4 Å². The van der Waals surface area contributed by atoms with E-state index >= 15 is 0 Å². The minimum atomic E-state index is -0.121. The van der Waals surface area contributed by atoms with Crippen LogP contribution in [0.2, 0.25) is 0 Å². The molecule has 7 nitrogen and oxygen atoms in total. The molecule has 144 valence electrons. The van der Waals surface area contributed by atoms with Gasteiger partial charge in [-0.3, -0.25) is 9.59 Å². The molecule has 3 aromatic rings. The first-order chi connectivity index (χ1) is 14.0. The summed E-state index contributed by atoms with van der Waals surface area (Å²) in [5, 5.41) is 19.4. The Labute approximate surface area is 168 Å². The van der Waals surface area contributed by atoms with Crippen LogP contribution in [0.3, 0.4) is 0 Å². The van der Waals surface area contributed by atoms with E-state index in [1.54, 1.807) is 72.8 Å². The number of Topliss-reactive ketones (excluding diaryl/α,β-unsaturated/α-hetero) is 1. The van der Waals surface area contributed by atoms with Gasteiger partial charge in [-0.05, 0) is 79.7 Å². The Kier molecular flexibility index (Phi) is 6.32. The lowest BCUT2D eigenvalue weighted by molar-refractivity contribution is -0.114. The van der Waals surface area contributed by atoms with Crippen molar-refractivity contribution in [1.82, 2.24) is 0 Å². The van der Waals surface area contributed by atoms with Crippen LogP contribution < -0.4 is 5.32 Å². The van der Waals surface area contributed by atoms with E-state index in [0.29, 0.717) is 34.0 Å². The molecule has 0 radical (unpaired) electrons. The summed E-state index contributed by atoms with van der Waals surface area (Å²) in [5.41, 5.74) is 4.06. The molecule has 3 aromatic carbocycles. The minimum absolute atomic E-state index is 0.0157. The third kappa shape index (κ3) is 6.00. The third-order valence-corrected chi connectivity index (χ3v) is 3.87. The molecule has 0 aliphatic rings. The van der Waals surface area contributed by atoms with Crippen molar-refractivity contribution in [2.24, 2.45) is 20.5 Å². The fourth-order valence-electron chi connectivity index (χ4n) is 2.39. The first-order valence-corrected chi connectivity index (χ1v) is 8.92. The quantitative estimate of drug-likeness (QED) is 0.378. The van der Waals surface area contributed by atoms with Gasteiger partial charge in [0.1, 0.15) is 0 Å². The number of nitrogens with one attached hydrogen (secondary N) is 1. The van der Waals surface area contributed by atoms with Crippen LogP contribution in [-0.2, 0) is 4.79 Å². The van der Waals surface area contributed by atoms with Crippen molar-refractivity contribution < 1.29 is 9.59 Å². The molecule has 0 atom stereocenters. The highest BCUT2D eigenvalue weighted by Gasteiger charge is 1.99. The highest BCUT2D eigenvalue weighted by atomic mass is 16.1. The van der Waals surface area contributed by atoms with E-state index in [1.807, 2.05) is 0 Å². The van der Waals surface area contributed by atoms with Gasteiger partial charge >= 0.3 is 0 Å². The normalized spacial score (nSPS) is 11.1. The molecule has 0 fully saturated rings.